The van der Waals surface area contributed by atoms with Crippen molar-refractivity contribution in [3.05, 3.63) is 36.4 Å². The van der Waals surface area contributed by atoms with Crippen LogP contribution >= 0.6 is 0 Å². The number of hydrogen-bond donors (Lipinski definition) is 0. The highest BCUT2D eigenvalue weighted by Crippen LogP contribution is 2.29. The van der Waals surface area contributed by atoms with Crippen LogP contribution in [-0.2, 0) is 16.1 Å². The maximum Gasteiger partial charge on any atom is 0.251 e. The lowest BCUT2D eigenvalue weighted by Crippen LogP contribution is -2.39. The zero-order valence-electron chi connectivity index (χ0n) is 16.6. The Labute approximate surface area is 157 Å². The molecule has 1 aromatic rings. The van der Waals surface area contributed by atoms with E-state index in [2.05, 4.69) is 20.4 Å². The summed E-state index contributed by atoms with van der Waals surface area (Å²) in [6.07, 6.45) is 2.99. The molecule has 0 bridgehead atoms. The van der Waals surface area contributed by atoms with Gasteiger partial charge in [0, 0.05) is 13.1 Å². The number of carbonyl (C=O) groups is 1. The predicted octanol–water partition coefficient (Wildman–Crippen LogP) is 4.20. The molecule has 0 radical (unpaired) electrons. The summed E-state index contributed by atoms with van der Waals surface area (Å²) >= 11 is 0. The monoisotopic (exact) mass is 363 g/mol. The molecular formula is C21H33NO4. The molecule has 0 aliphatic rings. The van der Waals surface area contributed by atoms with Crippen molar-refractivity contribution in [1.82, 2.24) is 4.90 Å². The number of carbonyl (C=O) groups excluding carboxylic acids is 1. The maximum atomic E-state index is 12.7. The summed E-state index contributed by atoms with van der Waals surface area (Å²) in [5, 5.41) is 0. The van der Waals surface area contributed by atoms with Crippen molar-refractivity contribution < 1.29 is 19.0 Å². The molecule has 26 heavy (non-hydrogen) atoms. The highest BCUT2D eigenvalue weighted by Gasteiger charge is 2.21. The minimum Gasteiger partial charge on any atom is -0.490 e. The summed E-state index contributed by atoms with van der Waals surface area (Å²) in [6.45, 7) is 14.3. The number of ether oxygens (including phenoxy) is 3. The molecule has 0 N–H and O–H groups in total. The van der Waals surface area contributed by atoms with Gasteiger partial charge in [-0.3, -0.25) is 4.79 Å². The SMILES string of the molecule is C=CCOC(C)C(=O)N(CCC)Cc1ccc(OCCC)c(OCC)c1. The van der Waals surface area contributed by atoms with Gasteiger partial charge in [0.05, 0.1) is 19.8 Å². The minimum atomic E-state index is -0.488. The predicted molar refractivity (Wildman–Crippen MR) is 105 cm³/mol. The average molecular weight is 363 g/mol. The van der Waals surface area contributed by atoms with Gasteiger partial charge < -0.3 is 19.1 Å². The third-order valence-corrected chi connectivity index (χ3v) is 3.76. The van der Waals surface area contributed by atoms with Crippen molar-refractivity contribution in [2.75, 3.05) is 26.4 Å². The molecule has 5 nitrogen and oxygen atoms in total. The smallest absolute Gasteiger partial charge is 0.251 e. The molecular weight excluding hydrogens is 330 g/mol. The Morgan fingerprint density at radius 1 is 1.19 bits per heavy atom. The molecule has 0 fully saturated rings. The zero-order valence-corrected chi connectivity index (χ0v) is 16.6. The van der Waals surface area contributed by atoms with Gasteiger partial charge in [0.25, 0.3) is 5.91 Å². The molecule has 0 spiro atoms. The lowest BCUT2D eigenvalue weighted by atomic mass is 10.1. The first kappa shape index (κ1) is 22.0. The summed E-state index contributed by atoms with van der Waals surface area (Å²) < 4.78 is 16.9. The number of amides is 1. The Hall–Kier alpha value is -2.01. The van der Waals surface area contributed by atoms with Crippen molar-refractivity contribution in [2.24, 2.45) is 0 Å². The van der Waals surface area contributed by atoms with Crippen LogP contribution in [0.15, 0.2) is 30.9 Å². The first-order chi connectivity index (χ1) is 12.6. The molecule has 146 valence electrons. The summed E-state index contributed by atoms with van der Waals surface area (Å²) in [5.74, 6) is 1.45. The third-order valence-electron chi connectivity index (χ3n) is 3.76. The van der Waals surface area contributed by atoms with E-state index in [-0.39, 0.29) is 5.91 Å². The van der Waals surface area contributed by atoms with Crippen LogP contribution in [0.2, 0.25) is 0 Å². The first-order valence-corrected chi connectivity index (χ1v) is 9.47. The fourth-order valence-electron chi connectivity index (χ4n) is 2.55. The van der Waals surface area contributed by atoms with Gasteiger partial charge in [0.1, 0.15) is 6.10 Å². The molecule has 5 heteroatoms. The van der Waals surface area contributed by atoms with Crippen LogP contribution in [0.1, 0.15) is 46.1 Å². The lowest BCUT2D eigenvalue weighted by molar-refractivity contribution is -0.142. The van der Waals surface area contributed by atoms with E-state index in [9.17, 15) is 4.79 Å². The molecule has 1 aromatic carbocycles. The van der Waals surface area contributed by atoms with Crippen molar-refractivity contribution in [2.45, 2.75) is 53.2 Å². The molecule has 1 amide bonds. The normalized spacial score (nSPS) is 11.7. The summed E-state index contributed by atoms with van der Waals surface area (Å²) in [7, 11) is 0. The molecule has 0 heterocycles. The number of benzene rings is 1. The van der Waals surface area contributed by atoms with Crippen molar-refractivity contribution in [3.8, 4) is 11.5 Å². The van der Waals surface area contributed by atoms with Crippen molar-refractivity contribution >= 4 is 5.91 Å². The van der Waals surface area contributed by atoms with E-state index in [0.29, 0.717) is 32.9 Å². The Morgan fingerprint density at radius 2 is 1.96 bits per heavy atom. The standard InChI is InChI=1S/C21H33NO4/c1-6-12-22(21(23)17(5)25-13-7-2)16-18-10-11-19(26-14-8-3)20(15-18)24-9-4/h7,10-11,15,17H,2,6,8-9,12-14,16H2,1,3-5H3. The van der Waals surface area contributed by atoms with Gasteiger partial charge in [-0.25, -0.2) is 0 Å². The Kier molecular flexibility index (Phi) is 10.5. The summed E-state index contributed by atoms with van der Waals surface area (Å²) in [6, 6.07) is 5.86. The van der Waals surface area contributed by atoms with Crippen LogP contribution in [0.5, 0.6) is 11.5 Å². The Bertz CT molecular complexity index is 559. The van der Waals surface area contributed by atoms with Crippen LogP contribution in [0.4, 0.5) is 0 Å². The molecule has 0 saturated carbocycles. The number of nitrogens with zero attached hydrogens (tertiary/aromatic N) is 1. The van der Waals surface area contributed by atoms with Gasteiger partial charge in [-0.1, -0.05) is 26.0 Å². The fraction of sp³-hybridized carbons (Fsp3) is 0.571. The highest BCUT2D eigenvalue weighted by molar-refractivity contribution is 5.80. The molecule has 0 aromatic heterocycles. The van der Waals surface area contributed by atoms with Crippen LogP contribution in [0.25, 0.3) is 0 Å². The van der Waals surface area contributed by atoms with Crippen LogP contribution < -0.4 is 9.47 Å². The Morgan fingerprint density at radius 3 is 2.58 bits per heavy atom. The number of hydrogen-bond acceptors (Lipinski definition) is 4. The van der Waals surface area contributed by atoms with E-state index >= 15 is 0 Å². The second-order valence-corrected chi connectivity index (χ2v) is 6.09. The first-order valence-electron chi connectivity index (χ1n) is 9.47. The van der Waals surface area contributed by atoms with Gasteiger partial charge >= 0.3 is 0 Å². The van der Waals surface area contributed by atoms with E-state index in [1.165, 1.54) is 0 Å². The molecule has 0 saturated heterocycles. The molecule has 1 unspecified atom stereocenters. The van der Waals surface area contributed by atoms with Crippen molar-refractivity contribution in [3.63, 3.8) is 0 Å². The fourth-order valence-corrected chi connectivity index (χ4v) is 2.55. The third kappa shape index (κ3) is 7.08. The number of rotatable bonds is 13. The lowest BCUT2D eigenvalue weighted by Gasteiger charge is -2.26. The van der Waals surface area contributed by atoms with Gasteiger partial charge in [0.15, 0.2) is 11.5 Å². The summed E-state index contributed by atoms with van der Waals surface area (Å²) in [5.41, 5.74) is 1.01. The van der Waals surface area contributed by atoms with Crippen molar-refractivity contribution in [1.29, 1.82) is 0 Å². The van der Waals surface area contributed by atoms with Crippen LogP contribution in [-0.4, -0.2) is 43.3 Å². The average Bonchev–Trinajstić information content (AvgIpc) is 2.64. The summed E-state index contributed by atoms with van der Waals surface area (Å²) in [4.78, 5) is 14.5. The van der Waals surface area contributed by atoms with Gasteiger partial charge in [0.2, 0.25) is 0 Å². The van der Waals surface area contributed by atoms with E-state index in [4.69, 9.17) is 14.2 Å². The highest BCUT2D eigenvalue weighted by atomic mass is 16.5. The Balaban J connectivity index is 2.91. The maximum absolute atomic E-state index is 12.7. The van der Waals surface area contributed by atoms with E-state index < -0.39 is 6.10 Å². The zero-order chi connectivity index (χ0) is 19.4. The second-order valence-electron chi connectivity index (χ2n) is 6.09. The quantitative estimate of drug-likeness (QED) is 0.493. The van der Waals surface area contributed by atoms with Crippen LogP contribution in [0, 0.1) is 0 Å². The minimum absolute atomic E-state index is 0.0158. The van der Waals surface area contributed by atoms with Gasteiger partial charge in [-0.05, 0) is 44.4 Å². The largest absolute Gasteiger partial charge is 0.490 e. The van der Waals surface area contributed by atoms with E-state index in [1.54, 1.807) is 13.0 Å². The molecule has 1 atom stereocenters. The van der Waals surface area contributed by atoms with E-state index in [0.717, 1.165) is 29.9 Å². The van der Waals surface area contributed by atoms with E-state index in [1.807, 2.05) is 30.0 Å². The second kappa shape index (κ2) is 12.4. The topological polar surface area (TPSA) is 48.0 Å². The van der Waals surface area contributed by atoms with Gasteiger partial charge in [-0.2, -0.15) is 0 Å². The van der Waals surface area contributed by atoms with Crippen LogP contribution in [0.3, 0.4) is 0 Å². The molecule has 0 aliphatic carbocycles. The van der Waals surface area contributed by atoms with Gasteiger partial charge in [-0.15, -0.1) is 6.58 Å². The molecule has 1 rings (SSSR count). The molecule has 0 aliphatic heterocycles.